The van der Waals surface area contributed by atoms with Gasteiger partial charge in [0.05, 0.1) is 29.0 Å². The zero-order chi connectivity index (χ0) is 24.9. The zero-order valence-corrected chi connectivity index (χ0v) is 21.4. The molecule has 10 heteroatoms. The minimum Gasteiger partial charge on any atom is -0.378 e. The molecule has 37 heavy (non-hydrogen) atoms. The van der Waals surface area contributed by atoms with Gasteiger partial charge < -0.3 is 14.6 Å². The largest absolute Gasteiger partial charge is 0.378 e. The molecule has 1 aromatic carbocycles. The molecule has 2 atom stereocenters. The van der Waals surface area contributed by atoms with E-state index in [9.17, 15) is 0 Å². The van der Waals surface area contributed by atoms with E-state index in [1.165, 1.54) is 12.5 Å². The van der Waals surface area contributed by atoms with Crippen molar-refractivity contribution < 1.29 is 13.5 Å². The van der Waals surface area contributed by atoms with Gasteiger partial charge in [-0.3, -0.25) is 9.80 Å². The van der Waals surface area contributed by atoms with E-state index in [0.717, 1.165) is 71.0 Å². The van der Waals surface area contributed by atoms with Gasteiger partial charge in [0.1, 0.15) is 12.0 Å². The molecule has 0 amide bonds. The monoisotopic (exact) mass is 524 g/mol. The fraction of sp³-hybridized carbons (Fsp3) is 0.481. The van der Waals surface area contributed by atoms with Gasteiger partial charge in [-0.15, -0.1) is 11.3 Å². The Morgan fingerprint density at radius 3 is 2.73 bits per heavy atom. The number of morpholine rings is 1. The van der Waals surface area contributed by atoms with Gasteiger partial charge in [0.2, 0.25) is 0 Å². The van der Waals surface area contributed by atoms with Crippen LogP contribution in [0.4, 0.5) is 14.6 Å². The second-order valence-electron chi connectivity index (χ2n) is 10.3. The number of ether oxygens (including phenoxy) is 1. The smallest absolute Gasteiger partial charge is 0.165 e. The molecule has 3 aromatic heterocycles. The molecule has 7 rings (SSSR count). The first-order valence-corrected chi connectivity index (χ1v) is 14.0. The molecule has 0 aliphatic carbocycles. The van der Waals surface area contributed by atoms with E-state index in [1.807, 2.05) is 6.07 Å². The molecule has 4 aromatic rings. The fourth-order valence-electron chi connectivity index (χ4n) is 5.88. The number of likely N-dealkylation sites (tertiary alicyclic amines) is 2. The molecule has 7 nitrogen and oxygen atoms in total. The van der Waals surface area contributed by atoms with Crippen molar-refractivity contribution in [3.05, 3.63) is 41.2 Å². The number of alkyl halides is 1. The summed E-state index contributed by atoms with van der Waals surface area (Å²) in [5, 5.41) is 0.766. The van der Waals surface area contributed by atoms with E-state index in [2.05, 4.69) is 25.8 Å². The zero-order valence-electron chi connectivity index (χ0n) is 20.6. The van der Waals surface area contributed by atoms with Gasteiger partial charge in [0.15, 0.2) is 11.6 Å². The second kappa shape index (κ2) is 9.58. The van der Waals surface area contributed by atoms with Crippen molar-refractivity contribution in [1.82, 2.24) is 24.8 Å². The highest BCUT2D eigenvalue weighted by molar-refractivity contribution is 7.19. The molecule has 0 bridgehead atoms. The summed E-state index contributed by atoms with van der Waals surface area (Å²) in [6, 6.07) is 7.22. The summed E-state index contributed by atoms with van der Waals surface area (Å²) in [7, 11) is 0. The molecule has 194 valence electrons. The molecular formula is C27H30F2N6OS. The highest BCUT2D eigenvalue weighted by Crippen LogP contribution is 2.37. The molecule has 0 unspecified atom stereocenters. The van der Waals surface area contributed by atoms with E-state index in [-0.39, 0.29) is 11.9 Å². The van der Waals surface area contributed by atoms with Gasteiger partial charge >= 0.3 is 0 Å². The van der Waals surface area contributed by atoms with Gasteiger partial charge in [0, 0.05) is 60.7 Å². The molecule has 3 aliphatic rings. The van der Waals surface area contributed by atoms with Crippen LogP contribution < -0.4 is 4.90 Å². The molecule has 3 aliphatic heterocycles. The van der Waals surface area contributed by atoms with Crippen LogP contribution in [0.2, 0.25) is 0 Å². The summed E-state index contributed by atoms with van der Waals surface area (Å²) in [4.78, 5) is 20.8. The van der Waals surface area contributed by atoms with Crippen molar-refractivity contribution in [2.24, 2.45) is 0 Å². The summed E-state index contributed by atoms with van der Waals surface area (Å²) in [5.41, 5.74) is 2.07. The van der Waals surface area contributed by atoms with Crippen LogP contribution in [-0.4, -0.2) is 89.4 Å². The van der Waals surface area contributed by atoms with E-state index in [4.69, 9.17) is 14.7 Å². The number of nitrogens with one attached hydrogen (secondary N) is 1. The third-order valence-corrected chi connectivity index (χ3v) is 9.06. The number of hydrogen-bond acceptors (Lipinski definition) is 7. The minimum absolute atomic E-state index is 0.0693. The average Bonchev–Trinajstić information content (AvgIpc) is 3.51. The third-order valence-electron chi connectivity index (χ3n) is 7.95. The standard InChI is InChI=1S/C27H30F2N6OS/c28-19-2-3-21-18(4-6-30-21)24(19)26-31-22-14-17(37-25(22)27(32-26)35-10-12-36-13-11-35)15-33-9-5-23(20(29)16-33)34-7-1-8-34/h2-4,6,14,20,23,30H,1,5,7-13,15-16H2/t20-,23+/m0/s1. The molecule has 1 N–H and O–H groups in total. The maximum Gasteiger partial charge on any atom is 0.165 e. The normalized spacial score (nSPS) is 23.7. The maximum absolute atomic E-state index is 15.2. The first kappa shape index (κ1) is 23.5. The first-order chi connectivity index (χ1) is 18.1. The lowest BCUT2D eigenvalue weighted by Gasteiger charge is -2.44. The Bertz CT molecular complexity index is 1430. The van der Waals surface area contributed by atoms with Crippen LogP contribution in [0.15, 0.2) is 30.5 Å². The predicted octanol–water partition coefficient (Wildman–Crippen LogP) is 4.43. The van der Waals surface area contributed by atoms with Crippen molar-refractivity contribution >= 4 is 38.3 Å². The molecular weight excluding hydrogens is 494 g/mol. The number of thiophene rings is 1. The summed E-state index contributed by atoms with van der Waals surface area (Å²) in [6.07, 6.45) is 3.05. The lowest BCUT2D eigenvalue weighted by Crippen LogP contribution is -2.56. The van der Waals surface area contributed by atoms with Crippen LogP contribution in [0.5, 0.6) is 0 Å². The van der Waals surface area contributed by atoms with Crippen molar-refractivity contribution in [1.29, 1.82) is 0 Å². The van der Waals surface area contributed by atoms with Crippen LogP contribution >= 0.6 is 11.3 Å². The summed E-state index contributed by atoms with van der Waals surface area (Å²) >= 11 is 1.67. The Morgan fingerprint density at radius 2 is 1.95 bits per heavy atom. The summed E-state index contributed by atoms with van der Waals surface area (Å²) in [5.74, 6) is 0.875. The Hall–Kier alpha value is -2.66. The Morgan fingerprint density at radius 1 is 1.08 bits per heavy atom. The highest BCUT2D eigenvalue weighted by atomic mass is 32.1. The van der Waals surface area contributed by atoms with E-state index < -0.39 is 6.17 Å². The number of rotatable bonds is 5. The first-order valence-electron chi connectivity index (χ1n) is 13.1. The lowest BCUT2D eigenvalue weighted by molar-refractivity contribution is 0.00228. The molecule has 3 saturated heterocycles. The molecule has 3 fully saturated rings. The van der Waals surface area contributed by atoms with Gasteiger partial charge in [-0.25, -0.2) is 18.7 Å². The van der Waals surface area contributed by atoms with Crippen molar-refractivity contribution in [2.45, 2.75) is 31.6 Å². The number of benzene rings is 1. The maximum atomic E-state index is 15.2. The number of fused-ring (bicyclic) bond motifs is 2. The van der Waals surface area contributed by atoms with Crippen LogP contribution in [0.1, 0.15) is 17.7 Å². The number of halogens is 2. The van der Waals surface area contributed by atoms with Gasteiger partial charge in [-0.05, 0) is 50.2 Å². The van der Waals surface area contributed by atoms with Crippen molar-refractivity contribution in [3.8, 4) is 11.4 Å². The van der Waals surface area contributed by atoms with Gasteiger partial charge in [-0.2, -0.15) is 0 Å². The summed E-state index contributed by atoms with van der Waals surface area (Å²) < 4.78 is 36.7. The second-order valence-corrected chi connectivity index (χ2v) is 11.4. The van der Waals surface area contributed by atoms with Crippen molar-refractivity contribution in [2.75, 3.05) is 57.4 Å². The van der Waals surface area contributed by atoms with Crippen LogP contribution in [0.25, 0.3) is 32.5 Å². The summed E-state index contributed by atoms with van der Waals surface area (Å²) in [6.45, 7) is 6.82. The van der Waals surface area contributed by atoms with Crippen molar-refractivity contribution in [3.63, 3.8) is 0 Å². The topological polar surface area (TPSA) is 60.5 Å². The molecule has 6 heterocycles. The van der Waals surface area contributed by atoms with E-state index in [1.54, 1.807) is 23.6 Å². The van der Waals surface area contributed by atoms with Gasteiger partial charge in [0.25, 0.3) is 0 Å². The number of piperidine rings is 1. The number of anilines is 1. The average molecular weight is 525 g/mol. The van der Waals surface area contributed by atoms with Crippen LogP contribution in [-0.2, 0) is 11.3 Å². The number of H-pyrrole nitrogens is 1. The quantitative estimate of drug-likeness (QED) is 0.417. The Labute approximate surface area is 218 Å². The van der Waals surface area contributed by atoms with E-state index in [0.29, 0.717) is 37.7 Å². The molecule has 0 radical (unpaired) electrons. The molecule has 0 saturated carbocycles. The molecule has 0 spiro atoms. The Balaban J connectivity index is 1.24. The number of aromatic nitrogens is 3. The number of nitrogens with zero attached hydrogens (tertiary/aromatic N) is 5. The number of aromatic amines is 1. The SMILES string of the molecule is Fc1ccc2[nH]ccc2c1-c1nc(N2CCOCC2)c2sc(CN3CC[C@@H](N4CCC4)[C@@H](F)C3)cc2n1. The lowest BCUT2D eigenvalue weighted by atomic mass is 9.98. The van der Waals surface area contributed by atoms with Gasteiger partial charge in [-0.1, -0.05) is 0 Å². The van der Waals surface area contributed by atoms with Crippen LogP contribution in [0, 0.1) is 5.82 Å². The Kier molecular flexibility index (Phi) is 6.07. The third kappa shape index (κ3) is 4.29. The highest BCUT2D eigenvalue weighted by Gasteiger charge is 2.35. The fourth-order valence-corrected chi connectivity index (χ4v) is 7.04. The number of hydrogen-bond donors (Lipinski definition) is 1. The predicted molar refractivity (Wildman–Crippen MR) is 142 cm³/mol. The van der Waals surface area contributed by atoms with Crippen LogP contribution in [0.3, 0.4) is 0 Å². The van der Waals surface area contributed by atoms with E-state index >= 15 is 8.78 Å². The minimum atomic E-state index is -0.816.